The molecule has 0 fully saturated rings. The molecular formula is C11H8BrFO. The molecule has 0 saturated carbocycles. The van der Waals surface area contributed by atoms with Gasteiger partial charge in [-0.3, -0.25) is 4.79 Å². The van der Waals surface area contributed by atoms with E-state index in [0.717, 1.165) is 5.57 Å². The van der Waals surface area contributed by atoms with E-state index in [-0.39, 0.29) is 11.6 Å². The molecule has 0 aromatic heterocycles. The smallest absolute Gasteiger partial charge is 0.156 e. The van der Waals surface area contributed by atoms with E-state index in [2.05, 4.69) is 15.9 Å². The van der Waals surface area contributed by atoms with Gasteiger partial charge in [0.2, 0.25) is 0 Å². The van der Waals surface area contributed by atoms with Gasteiger partial charge < -0.3 is 0 Å². The summed E-state index contributed by atoms with van der Waals surface area (Å²) in [6, 6.07) is 5.12. The van der Waals surface area contributed by atoms with Crippen molar-refractivity contribution in [1.29, 1.82) is 0 Å². The van der Waals surface area contributed by atoms with Gasteiger partial charge in [-0.2, -0.15) is 0 Å². The highest BCUT2D eigenvalue weighted by Crippen LogP contribution is 2.30. The summed E-state index contributed by atoms with van der Waals surface area (Å²) in [6.07, 6.45) is 2.68. The first-order chi connectivity index (χ1) is 6.68. The van der Waals surface area contributed by atoms with Crippen LogP contribution in [-0.4, -0.2) is 5.78 Å². The summed E-state index contributed by atoms with van der Waals surface area (Å²) in [7, 11) is 0. The number of allylic oxidation sites excluding steroid dienone is 2. The number of halogens is 2. The normalized spacial score (nSPS) is 15.9. The second kappa shape index (κ2) is 3.65. The van der Waals surface area contributed by atoms with Gasteiger partial charge in [0.1, 0.15) is 5.82 Å². The first-order valence-corrected chi connectivity index (χ1v) is 5.15. The maximum atomic E-state index is 13.6. The van der Waals surface area contributed by atoms with Crippen molar-refractivity contribution >= 4 is 27.3 Å². The number of rotatable bonds is 1. The van der Waals surface area contributed by atoms with Crippen LogP contribution in [0.5, 0.6) is 0 Å². The minimum atomic E-state index is -0.284. The Hall–Kier alpha value is -0.960. The van der Waals surface area contributed by atoms with Crippen LogP contribution in [0.4, 0.5) is 4.39 Å². The first-order valence-electron chi connectivity index (χ1n) is 4.36. The maximum absolute atomic E-state index is 13.6. The van der Waals surface area contributed by atoms with E-state index in [1.54, 1.807) is 18.2 Å². The number of benzene rings is 1. The lowest BCUT2D eigenvalue weighted by Gasteiger charge is -2.04. The molecule has 0 radical (unpaired) electrons. The van der Waals surface area contributed by atoms with Crippen molar-refractivity contribution in [1.82, 2.24) is 0 Å². The number of hydrogen-bond donors (Lipinski definition) is 0. The van der Waals surface area contributed by atoms with Crippen molar-refractivity contribution in [2.24, 2.45) is 0 Å². The summed E-state index contributed by atoms with van der Waals surface area (Å²) in [5.41, 5.74) is 1.33. The molecule has 0 N–H and O–H groups in total. The molecule has 0 spiro atoms. The van der Waals surface area contributed by atoms with Gasteiger partial charge >= 0.3 is 0 Å². The second-order valence-electron chi connectivity index (χ2n) is 3.24. The molecule has 0 bridgehead atoms. The van der Waals surface area contributed by atoms with Gasteiger partial charge in [-0.15, -0.1) is 0 Å². The molecule has 0 heterocycles. The van der Waals surface area contributed by atoms with Crippen LogP contribution >= 0.6 is 15.9 Å². The average Bonchev–Trinajstić information content (AvgIpc) is 2.57. The Morgan fingerprint density at radius 3 is 2.71 bits per heavy atom. The van der Waals surface area contributed by atoms with Gasteiger partial charge in [-0.05, 0) is 40.1 Å². The summed E-state index contributed by atoms with van der Waals surface area (Å²) in [5.74, 6) is -0.201. The van der Waals surface area contributed by atoms with E-state index < -0.39 is 0 Å². The lowest BCUT2D eigenvalue weighted by molar-refractivity contribution is -0.114. The highest BCUT2D eigenvalue weighted by atomic mass is 79.9. The maximum Gasteiger partial charge on any atom is 0.156 e. The van der Waals surface area contributed by atoms with Gasteiger partial charge in [0.15, 0.2) is 5.78 Å². The third kappa shape index (κ3) is 1.64. The number of hydrogen-bond acceptors (Lipinski definition) is 1. The third-order valence-electron chi connectivity index (χ3n) is 2.27. The fourth-order valence-corrected chi connectivity index (χ4v) is 1.93. The molecule has 1 aromatic rings. The topological polar surface area (TPSA) is 17.1 Å². The molecule has 0 aliphatic heterocycles. The lowest BCUT2D eigenvalue weighted by Crippen LogP contribution is -1.88. The molecule has 3 heteroatoms. The van der Waals surface area contributed by atoms with E-state index in [9.17, 15) is 9.18 Å². The van der Waals surface area contributed by atoms with Crippen LogP contribution in [-0.2, 0) is 4.79 Å². The van der Waals surface area contributed by atoms with Crippen LogP contribution in [0.2, 0.25) is 0 Å². The first kappa shape index (κ1) is 9.59. The Bertz CT molecular complexity index is 423. The summed E-state index contributed by atoms with van der Waals surface area (Å²) in [6.45, 7) is 0. The SMILES string of the molecule is O=C1C=C(c2cccc(Br)c2F)CC1. The van der Waals surface area contributed by atoms with E-state index in [0.29, 0.717) is 22.9 Å². The van der Waals surface area contributed by atoms with Crippen molar-refractivity contribution in [2.75, 3.05) is 0 Å². The van der Waals surface area contributed by atoms with Crippen LogP contribution < -0.4 is 0 Å². The number of ketones is 1. The molecule has 0 atom stereocenters. The zero-order valence-corrected chi connectivity index (χ0v) is 8.97. The van der Waals surface area contributed by atoms with Gasteiger partial charge in [-0.1, -0.05) is 12.1 Å². The Labute approximate surface area is 89.8 Å². The zero-order valence-electron chi connectivity index (χ0n) is 7.39. The molecule has 0 saturated heterocycles. The molecule has 1 aliphatic rings. The van der Waals surface area contributed by atoms with Crippen LogP contribution in [0.15, 0.2) is 28.7 Å². The van der Waals surface area contributed by atoms with Crippen molar-refractivity contribution in [3.63, 3.8) is 0 Å². The van der Waals surface area contributed by atoms with Crippen LogP contribution in [0.25, 0.3) is 5.57 Å². The van der Waals surface area contributed by atoms with Crippen molar-refractivity contribution in [3.05, 3.63) is 40.1 Å². The van der Waals surface area contributed by atoms with E-state index in [1.807, 2.05) is 0 Å². The van der Waals surface area contributed by atoms with E-state index >= 15 is 0 Å². The zero-order chi connectivity index (χ0) is 10.1. The molecule has 1 aliphatic carbocycles. The fourth-order valence-electron chi connectivity index (χ4n) is 1.56. The standard InChI is InChI=1S/C11H8BrFO/c12-10-3-1-2-9(11(10)13)7-4-5-8(14)6-7/h1-3,6H,4-5H2. The summed E-state index contributed by atoms with van der Waals surface area (Å²) in [5, 5.41) is 0. The van der Waals surface area contributed by atoms with Gasteiger partial charge in [0, 0.05) is 12.0 Å². The Morgan fingerprint density at radius 1 is 1.29 bits per heavy atom. The Kier molecular flexibility index (Phi) is 2.50. The van der Waals surface area contributed by atoms with E-state index in [1.165, 1.54) is 6.08 Å². The number of carbonyl (C=O) groups excluding carboxylic acids is 1. The highest BCUT2D eigenvalue weighted by molar-refractivity contribution is 9.10. The summed E-state index contributed by atoms with van der Waals surface area (Å²) in [4.78, 5) is 11.0. The minimum absolute atomic E-state index is 0.0828. The second-order valence-corrected chi connectivity index (χ2v) is 4.09. The predicted molar refractivity (Wildman–Crippen MR) is 56.3 cm³/mol. The highest BCUT2D eigenvalue weighted by Gasteiger charge is 2.17. The molecule has 1 aromatic carbocycles. The molecule has 0 unspecified atom stereocenters. The van der Waals surface area contributed by atoms with Gasteiger partial charge in [0.25, 0.3) is 0 Å². The molecule has 0 amide bonds. The molecule has 72 valence electrons. The average molecular weight is 255 g/mol. The third-order valence-corrected chi connectivity index (χ3v) is 2.89. The van der Waals surface area contributed by atoms with Crippen molar-refractivity contribution in [2.45, 2.75) is 12.8 Å². The van der Waals surface area contributed by atoms with E-state index in [4.69, 9.17) is 0 Å². The summed E-state index contributed by atoms with van der Waals surface area (Å²) < 4.78 is 14.0. The van der Waals surface area contributed by atoms with Gasteiger partial charge in [-0.25, -0.2) is 4.39 Å². The Balaban J connectivity index is 2.47. The molecule has 14 heavy (non-hydrogen) atoms. The number of carbonyl (C=O) groups is 1. The van der Waals surface area contributed by atoms with Gasteiger partial charge in [0.05, 0.1) is 4.47 Å². The van der Waals surface area contributed by atoms with Crippen molar-refractivity contribution < 1.29 is 9.18 Å². The van der Waals surface area contributed by atoms with Crippen molar-refractivity contribution in [3.8, 4) is 0 Å². The van der Waals surface area contributed by atoms with Crippen LogP contribution in [0.1, 0.15) is 18.4 Å². The van der Waals surface area contributed by atoms with Crippen LogP contribution in [0.3, 0.4) is 0 Å². The Morgan fingerprint density at radius 2 is 2.07 bits per heavy atom. The minimum Gasteiger partial charge on any atom is -0.295 e. The molecule has 2 rings (SSSR count). The molecule has 1 nitrogen and oxygen atoms in total. The monoisotopic (exact) mass is 254 g/mol. The predicted octanol–water partition coefficient (Wildman–Crippen LogP) is 3.33. The fraction of sp³-hybridized carbons (Fsp3) is 0.182. The van der Waals surface area contributed by atoms with Crippen LogP contribution in [0, 0.1) is 5.82 Å². The quantitative estimate of drug-likeness (QED) is 0.752. The molecular weight excluding hydrogens is 247 g/mol. The largest absolute Gasteiger partial charge is 0.295 e. The lowest BCUT2D eigenvalue weighted by atomic mass is 10.1. The summed E-state index contributed by atoms with van der Waals surface area (Å²) >= 11 is 3.12.